The molecule has 1 saturated heterocycles. The first-order valence-corrected chi connectivity index (χ1v) is 13.2. The molecule has 0 unspecified atom stereocenters. The van der Waals surface area contributed by atoms with Crippen LogP contribution in [0.25, 0.3) is 0 Å². The average molecular weight is 500 g/mol. The average Bonchev–Trinajstić information content (AvgIpc) is 2.86. The highest BCUT2D eigenvalue weighted by molar-refractivity contribution is 7.99. The maximum atomic E-state index is 13.2. The number of carbonyl (C=O) groups excluding carboxylic acids is 1. The van der Waals surface area contributed by atoms with Gasteiger partial charge in [0.25, 0.3) is 5.91 Å². The molecule has 178 valence electrons. The van der Waals surface area contributed by atoms with E-state index in [1.54, 1.807) is 36.5 Å². The summed E-state index contributed by atoms with van der Waals surface area (Å²) in [6, 6.07) is 16.9. The molecule has 10 heteroatoms. The van der Waals surface area contributed by atoms with Crippen LogP contribution in [0.2, 0.25) is 0 Å². The second kappa shape index (κ2) is 11.0. The number of hydrogen-bond acceptors (Lipinski definition) is 7. The fraction of sp³-hybridized carbons (Fsp3) is 0.250. The lowest BCUT2D eigenvalue weighted by Crippen LogP contribution is -2.40. The zero-order valence-electron chi connectivity index (χ0n) is 18.6. The Kier molecular flexibility index (Phi) is 7.84. The summed E-state index contributed by atoms with van der Waals surface area (Å²) in [5, 5.41) is 3.56. The standard InChI is InChI=1S/C24H25N3O5S2/c1-2-33-23-16-18(10-11-25-23)24(28)26-21-17-20(34(29,30)27-12-14-31-15-13-27)8-9-22(21)32-19-6-4-3-5-7-19/h3-11,16-17H,2,12-15H2,1H3,(H,26,28). The molecule has 0 atom stereocenters. The first-order valence-electron chi connectivity index (χ1n) is 10.8. The van der Waals surface area contributed by atoms with E-state index < -0.39 is 10.0 Å². The third-order valence-electron chi connectivity index (χ3n) is 5.07. The molecule has 1 aliphatic rings. The Morgan fingerprint density at radius 1 is 1.12 bits per heavy atom. The summed E-state index contributed by atoms with van der Waals surface area (Å²) in [6.07, 6.45) is 1.58. The largest absolute Gasteiger partial charge is 0.455 e. The topological polar surface area (TPSA) is 97.8 Å². The molecule has 0 saturated carbocycles. The van der Waals surface area contributed by atoms with Gasteiger partial charge >= 0.3 is 0 Å². The van der Waals surface area contributed by atoms with Crippen molar-refractivity contribution in [1.82, 2.24) is 9.29 Å². The molecule has 0 radical (unpaired) electrons. The number of nitrogens with one attached hydrogen (secondary N) is 1. The van der Waals surface area contributed by atoms with Crippen LogP contribution >= 0.6 is 11.8 Å². The van der Waals surface area contributed by atoms with Crippen LogP contribution in [0.5, 0.6) is 11.5 Å². The molecular formula is C24H25N3O5S2. The minimum Gasteiger partial charge on any atom is -0.455 e. The molecule has 1 N–H and O–H groups in total. The van der Waals surface area contributed by atoms with E-state index in [1.165, 1.54) is 28.2 Å². The molecule has 0 spiro atoms. The predicted molar refractivity (Wildman–Crippen MR) is 131 cm³/mol. The number of anilines is 1. The highest BCUT2D eigenvalue weighted by Crippen LogP contribution is 2.33. The summed E-state index contributed by atoms with van der Waals surface area (Å²) in [5.41, 5.74) is 0.669. The Morgan fingerprint density at radius 2 is 1.88 bits per heavy atom. The minimum atomic E-state index is -3.76. The highest BCUT2D eigenvalue weighted by Gasteiger charge is 2.27. The van der Waals surface area contributed by atoms with Crippen LogP contribution < -0.4 is 10.1 Å². The molecule has 8 nitrogen and oxygen atoms in total. The number of carbonyl (C=O) groups is 1. The van der Waals surface area contributed by atoms with Crippen LogP contribution in [-0.4, -0.2) is 55.7 Å². The molecule has 2 heterocycles. The Balaban J connectivity index is 1.67. The van der Waals surface area contributed by atoms with E-state index in [0.717, 1.165) is 10.8 Å². The molecule has 0 aliphatic carbocycles. The Bertz CT molecular complexity index is 1250. The number of sulfonamides is 1. The molecule has 1 aliphatic heterocycles. The van der Waals surface area contributed by atoms with E-state index in [1.807, 2.05) is 25.1 Å². The van der Waals surface area contributed by atoms with Crippen LogP contribution in [0.3, 0.4) is 0 Å². The van der Waals surface area contributed by atoms with Crippen molar-refractivity contribution in [2.24, 2.45) is 0 Å². The predicted octanol–water partition coefficient (Wildman–Crippen LogP) is 4.26. The van der Waals surface area contributed by atoms with E-state index in [-0.39, 0.29) is 29.6 Å². The monoisotopic (exact) mass is 499 g/mol. The van der Waals surface area contributed by atoms with E-state index >= 15 is 0 Å². The second-order valence-electron chi connectivity index (χ2n) is 7.36. The van der Waals surface area contributed by atoms with Crippen LogP contribution in [0.4, 0.5) is 5.69 Å². The third kappa shape index (κ3) is 5.76. The van der Waals surface area contributed by atoms with Crippen LogP contribution in [-0.2, 0) is 14.8 Å². The van der Waals surface area contributed by atoms with Crippen molar-refractivity contribution in [3.8, 4) is 11.5 Å². The van der Waals surface area contributed by atoms with Gasteiger partial charge < -0.3 is 14.8 Å². The minimum absolute atomic E-state index is 0.0714. The summed E-state index contributed by atoms with van der Waals surface area (Å²) < 4.78 is 39.0. The van der Waals surface area contributed by atoms with Gasteiger partial charge in [-0.3, -0.25) is 4.79 Å². The van der Waals surface area contributed by atoms with Crippen molar-refractivity contribution in [3.63, 3.8) is 0 Å². The first-order chi connectivity index (χ1) is 16.5. The van der Waals surface area contributed by atoms with Crippen molar-refractivity contribution in [3.05, 3.63) is 72.4 Å². The van der Waals surface area contributed by atoms with Gasteiger partial charge in [-0.05, 0) is 48.2 Å². The summed E-state index contributed by atoms with van der Waals surface area (Å²) in [5.74, 6) is 1.33. The number of nitrogens with zero attached hydrogens (tertiary/aromatic N) is 2. The van der Waals surface area contributed by atoms with E-state index in [4.69, 9.17) is 9.47 Å². The third-order valence-corrected chi connectivity index (χ3v) is 7.77. The number of rotatable bonds is 8. The molecule has 1 aromatic heterocycles. The normalized spacial score (nSPS) is 14.5. The smallest absolute Gasteiger partial charge is 0.255 e. The number of morpholine rings is 1. The molecule has 2 aromatic carbocycles. The number of ether oxygens (including phenoxy) is 2. The number of benzene rings is 2. The fourth-order valence-electron chi connectivity index (χ4n) is 3.38. The zero-order chi connectivity index (χ0) is 24.0. The lowest BCUT2D eigenvalue weighted by atomic mass is 10.2. The van der Waals surface area contributed by atoms with Gasteiger partial charge in [0.2, 0.25) is 10.0 Å². The van der Waals surface area contributed by atoms with Crippen molar-refractivity contribution in [2.45, 2.75) is 16.8 Å². The van der Waals surface area contributed by atoms with E-state index in [0.29, 0.717) is 30.3 Å². The number of pyridine rings is 1. The van der Waals surface area contributed by atoms with Crippen molar-refractivity contribution < 1.29 is 22.7 Å². The molecular weight excluding hydrogens is 474 g/mol. The second-order valence-corrected chi connectivity index (χ2v) is 10.6. The van der Waals surface area contributed by atoms with Crippen molar-refractivity contribution in [2.75, 3.05) is 37.4 Å². The fourth-order valence-corrected chi connectivity index (χ4v) is 5.46. The summed E-state index contributed by atoms with van der Waals surface area (Å²) in [4.78, 5) is 17.4. The zero-order valence-corrected chi connectivity index (χ0v) is 20.3. The Hall–Kier alpha value is -2.92. The summed E-state index contributed by atoms with van der Waals surface area (Å²) in [6.45, 7) is 3.26. The number of hydrogen-bond donors (Lipinski definition) is 1. The summed E-state index contributed by atoms with van der Waals surface area (Å²) in [7, 11) is -3.76. The van der Waals surface area contributed by atoms with Gasteiger partial charge in [-0.25, -0.2) is 13.4 Å². The Morgan fingerprint density at radius 3 is 2.62 bits per heavy atom. The van der Waals surface area contributed by atoms with Crippen LogP contribution in [0, 0.1) is 0 Å². The molecule has 0 bridgehead atoms. The lowest BCUT2D eigenvalue weighted by Gasteiger charge is -2.26. The molecule has 3 aromatic rings. The maximum Gasteiger partial charge on any atom is 0.255 e. The van der Waals surface area contributed by atoms with Gasteiger partial charge in [-0.2, -0.15) is 4.31 Å². The molecule has 1 amide bonds. The van der Waals surface area contributed by atoms with E-state index in [9.17, 15) is 13.2 Å². The van der Waals surface area contributed by atoms with Gasteiger partial charge in [-0.15, -0.1) is 11.8 Å². The van der Waals surface area contributed by atoms with Gasteiger partial charge in [0, 0.05) is 24.8 Å². The van der Waals surface area contributed by atoms with E-state index in [2.05, 4.69) is 10.3 Å². The Labute approximate surface area is 203 Å². The van der Waals surface area contributed by atoms with Crippen LogP contribution in [0.15, 0.2) is 76.8 Å². The first kappa shape index (κ1) is 24.2. The highest BCUT2D eigenvalue weighted by atomic mass is 32.2. The van der Waals surface area contributed by atoms with Gasteiger partial charge in [0.1, 0.15) is 5.75 Å². The molecule has 34 heavy (non-hydrogen) atoms. The molecule has 1 fully saturated rings. The van der Waals surface area contributed by atoms with Crippen molar-refractivity contribution in [1.29, 1.82) is 0 Å². The summed E-state index contributed by atoms with van der Waals surface area (Å²) >= 11 is 1.53. The van der Waals surface area contributed by atoms with Gasteiger partial charge in [0.15, 0.2) is 5.75 Å². The number of amides is 1. The van der Waals surface area contributed by atoms with Crippen LogP contribution in [0.1, 0.15) is 17.3 Å². The van der Waals surface area contributed by atoms with Gasteiger partial charge in [-0.1, -0.05) is 25.1 Å². The lowest BCUT2D eigenvalue weighted by molar-refractivity contribution is 0.0730. The van der Waals surface area contributed by atoms with Gasteiger partial charge in [0.05, 0.1) is 28.8 Å². The number of para-hydroxylation sites is 1. The van der Waals surface area contributed by atoms with Crippen molar-refractivity contribution >= 4 is 33.4 Å². The number of thioether (sulfide) groups is 1. The SMILES string of the molecule is CCSc1cc(C(=O)Nc2cc(S(=O)(=O)N3CCOCC3)ccc2Oc2ccccc2)ccn1. The quantitative estimate of drug-likeness (QED) is 0.463. The number of aromatic nitrogens is 1. The maximum absolute atomic E-state index is 13.2. The molecule has 4 rings (SSSR count).